The second-order valence-corrected chi connectivity index (χ2v) is 7.40. The van der Waals surface area contributed by atoms with E-state index in [1.165, 1.54) is 0 Å². The summed E-state index contributed by atoms with van der Waals surface area (Å²) in [6, 6.07) is 0.839. The third-order valence-electron chi connectivity index (χ3n) is 4.83. The van der Waals surface area contributed by atoms with Crippen LogP contribution in [0.15, 0.2) is 0 Å². The molecule has 21 heavy (non-hydrogen) atoms. The molecule has 2 heterocycles. The molecule has 1 saturated carbocycles. The maximum absolute atomic E-state index is 12.8. The zero-order valence-electron chi connectivity index (χ0n) is 13.3. The molecule has 1 atom stereocenters. The summed E-state index contributed by atoms with van der Waals surface area (Å²) in [4.78, 5) is 17.2. The number of rotatable bonds is 5. The Morgan fingerprint density at radius 3 is 2.48 bits per heavy atom. The fraction of sp³-hybridized carbons (Fsp3) is 0.938. The normalized spacial score (nSPS) is 28.7. The van der Waals surface area contributed by atoms with Crippen LogP contribution < -0.4 is 0 Å². The highest BCUT2D eigenvalue weighted by Crippen LogP contribution is 2.34. The summed E-state index contributed by atoms with van der Waals surface area (Å²) in [5, 5.41) is 10.1. The molecule has 0 aromatic carbocycles. The number of carbonyl (C=O) groups is 1. The van der Waals surface area contributed by atoms with Crippen molar-refractivity contribution in [1.82, 2.24) is 9.80 Å². The lowest BCUT2D eigenvalue weighted by atomic mass is 10.1. The molecule has 1 unspecified atom stereocenters. The highest BCUT2D eigenvalue weighted by atomic mass is 16.5. The fourth-order valence-corrected chi connectivity index (χ4v) is 3.70. The van der Waals surface area contributed by atoms with Crippen molar-refractivity contribution >= 4 is 5.91 Å². The van der Waals surface area contributed by atoms with Gasteiger partial charge in [-0.05, 0) is 46.0 Å². The van der Waals surface area contributed by atoms with E-state index in [-0.39, 0.29) is 11.9 Å². The first-order valence-corrected chi connectivity index (χ1v) is 8.32. The zero-order valence-corrected chi connectivity index (χ0v) is 13.3. The van der Waals surface area contributed by atoms with Gasteiger partial charge in [-0.25, -0.2) is 0 Å². The Morgan fingerprint density at radius 2 is 1.90 bits per heavy atom. The molecule has 0 spiro atoms. The molecule has 1 amide bonds. The quantitative estimate of drug-likeness (QED) is 0.822. The SMILES string of the molecule is CC(C)(O)CN(C1CC1)C1CCN(C2CCOCC2)C1=O. The van der Waals surface area contributed by atoms with E-state index in [0.717, 1.165) is 51.9 Å². The number of likely N-dealkylation sites (tertiary alicyclic amines) is 1. The van der Waals surface area contributed by atoms with Crippen LogP contribution in [0.5, 0.6) is 0 Å². The highest BCUT2D eigenvalue weighted by molar-refractivity contribution is 5.84. The van der Waals surface area contributed by atoms with Crippen molar-refractivity contribution in [3.63, 3.8) is 0 Å². The van der Waals surface area contributed by atoms with Gasteiger partial charge < -0.3 is 14.7 Å². The van der Waals surface area contributed by atoms with Gasteiger partial charge in [0.25, 0.3) is 0 Å². The Morgan fingerprint density at radius 1 is 1.24 bits per heavy atom. The van der Waals surface area contributed by atoms with Crippen LogP contribution in [-0.4, -0.2) is 70.8 Å². The minimum atomic E-state index is -0.741. The largest absolute Gasteiger partial charge is 0.389 e. The standard InChI is InChI=1S/C16H28N2O3/c1-16(2,20)11-18(12-3-4-12)14-5-8-17(15(14)19)13-6-9-21-10-7-13/h12-14,20H,3-11H2,1-2H3. The van der Waals surface area contributed by atoms with E-state index in [1.807, 2.05) is 13.8 Å². The molecule has 2 aliphatic heterocycles. The zero-order chi connectivity index (χ0) is 15.0. The third kappa shape index (κ3) is 3.58. The molecule has 3 fully saturated rings. The van der Waals surface area contributed by atoms with Gasteiger partial charge in [0, 0.05) is 38.4 Å². The van der Waals surface area contributed by atoms with Gasteiger partial charge in [0.05, 0.1) is 11.6 Å². The van der Waals surface area contributed by atoms with Crippen molar-refractivity contribution in [2.75, 3.05) is 26.3 Å². The van der Waals surface area contributed by atoms with Crippen LogP contribution in [0.25, 0.3) is 0 Å². The van der Waals surface area contributed by atoms with Gasteiger partial charge >= 0.3 is 0 Å². The molecule has 3 aliphatic rings. The Kier molecular flexibility index (Phi) is 4.26. The van der Waals surface area contributed by atoms with Gasteiger partial charge in [-0.1, -0.05) is 0 Å². The van der Waals surface area contributed by atoms with Crippen LogP contribution >= 0.6 is 0 Å². The van der Waals surface area contributed by atoms with Crippen LogP contribution in [0, 0.1) is 0 Å². The number of amides is 1. The van der Waals surface area contributed by atoms with Crippen LogP contribution in [0.2, 0.25) is 0 Å². The minimum Gasteiger partial charge on any atom is -0.389 e. The molecule has 3 rings (SSSR count). The summed E-state index contributed by atoms with van der Waals surface area (Å²) < 4.78 is 5.40. The first-order chi connectivity index (χ1) is 9.96. The summed E-state index contributed by atoms with van der Waals surface area (Å²) >= 11 is 0. The number of ether oxygens (including phenoxy) is 1. The van der Waals surface area contributed by atoms with Crippen molar-refractivity contribution in [2.45, 2.75) is 69.7 Å². The van der Waals surface area contributed by atoms with Gasteiger partial charge in [-0.2, -0.15) is 0 Å². The van der Waals surface area contributed by atoms with Crippen molar-refractivity contribution in [2.24, 2.45) is 0 Å². The maximum atomic E-state index is 12.8. The molecule has 5 nitrogen and oxygen atoms in total. The fourth-order valence-electron chi connectivity index (χ4n) is 3.70. The molecule has 0 bridgehead atoms. The molecule has 120 valence electrons. The minimum absolute atomic E-state index is 0.0215. The van der Waals surface area contributed by atoms with E-state index in [2.05, 4.69) is 9.80 Å². The Hall–Kier alpha value is -0.650. The smallest absolute Gasteiger partial charge is 0.240 e. The highest BCUT2D eigenvalue weighted by Gasteiger charge is 2.45. The summed E-state index contributed by atoms with van der Waals surface area (Å²) in [6.45, 7) is 6.67. The lowest BCUT2D eigenvalue weighted by Crippen LogP contribution is -2.50. The van der Waals surface area contributed by atoms with Crippen LogP contribution in [-0.2, 0) is 9.53 Å². The van der Waals surface area contributed by atoms with Crippen LogP contribution in [0.3, 0.4) is 0 Å². The number of hydrogen-bond donors (Lipinski definition) is 1. The summed E-state index contributed by atoms with van der Waals surface area (Å²) in [5.41, 5.74) is -0.741. The third-order valence-corrected chi connectivity index (χ3v) is 4.83. The second-order valence-electron chi connectivity index (χ2n) is 7.40. The van der Waals surface area contributed by atoms with E-state index >= 15 is 0 Å². The van der Waals surface area contributed by atoms with Gasteiger partial charge in [0.15, 0.2) is 0 Å². The van der Waals surface area contributed by atoms with Crippen molar-refractivity contribution < 1.29 is 14.6 Å². The number of carbonyl (C=O) groups excluding carboxylic acids is 1. The average molecular weight is 296 g/mol. The summed E-state index contributed by atoms with van der Waals surface area (Å²) in [5.74, 6) is 0.276. The molecule has 0 radical (unpaired) electrons. The molecule has 5 heteroatoms. The molecule has 1 aliphatic carbocycles. The van der Waals surface area contributed by atoms with Gasteiger partial charge in [0.1, 0.15) is 0 Å². The Bertz CT molecular complexity index is 383. The van der Waals surface area contributed by atoms with Crippen molar-refractivity contribution in [3.8, 4) is 0 Å². The predicted molar refractivity (Wildman–Crippen MR) is 80.0 cm³/mol. The first kappa shape index (κ1) is 15.3. The molecule has 0 aromatic heterocycles. The monoisotopic (exact) mass is 296 g/mol. The van der Waals surface area contributed by atoms with Crippen LogP contribution in [0.4, 0.5) is 0 Å². The molecule has 2 saturated heterocycles. The van der Waals surface area contributed by atoms with Crippen LogP contribution in [0.1, 0.15) is 46.0 Å². The van der Waals surface area contributed by atoms with Crippen molar-refractivity contribution in [3.05, 3.63) is 0 Å². The van der Waals surface area contributed by atoms with Gasteiger partial charge in [-0.3, -0.25) is 9.69 Å². The molecular formula is C16H28N2O3. The summed E-state index contributed by atoms with van der Waals surface area (Å²) in [6.07, 6.45) is 5.16. The van der Waals surface area contributed by atoms with E-state index in [9.17, 15) is 9.90 Å². The van der Waals surface area contributed by atoms with E-state index in [1.54, 1.807) is 0 Å². The second kappa shape index (κ2) is 5.86. The molecular weight excluding hydrogens is 268 g/mol. The lowest BCUT2D eigenvalue weighted by molar-refractivity contribution is -0.136. The van der Waals surface area contributed by atoms with Gasteiger partial charge in [0.2, 0.25) is 5.91 Å². The predicted octanol–water partition coefficient (Wildman–Crippen LogP) is 1.00. The van der Waals surface area contributed by atoms with E-state index in [4.69, 9.17) is 4.74 Å². The van der Waals surface area contributed by atoms with Gasteiger partial charge in [-0.15, -0.1) is 0 Å². The van der Waals surface area contributed by atoms with E-state index < -0.39 is 5.60 Å². The number of nitrogens with zero attached hydrogens (tertiary/aromatic N) is 2. The summed E-state index contributed by atoms with van der Waals surface area (Å²) in [7, 11) is 0. The van der Waals surface area contributed by atoms with E-state index in [0.29, 0.717) is 18.6 Å². The average Bonchev–Trinajstić information content (AvgIpc) is 3.20. The number of hydrogen-bond acceptors (Lipinski definition) is 4. The Labute approximate surface area is 127 Å². The van der Waals surface area contributed by atoms with Crippen molar-refractivity contribution in [1.29, 1.82) is 0 Å². The Balaban J connectivity index is 1.66. The lowest BCUT2D eigenvalue weighted by Gasteiger charge is -2.35. The topological polar surface area (TPSA) is 53.0 Å². The molecule has 1 N–H and O–H groups in total. The molecule has 0 aromatic rings. The first-order valence-electron chi connectivity index (χ1n) is 8.32. The maximum Gasteiger partial charge on any atom is 0.240 e. The number of aliphatic hydroxyl groups is 1.